The number of carbonyl (C=O) groups is 1. The van der Waals surface area contributed by atoms with E-state index in [2.05, 4.69) is 58.2 Å². The number of rotatable bonds is 4. The van der Waals surface area contributed by atoms with E-state index < -0.39 is 0 Å². The second-order valence-electron chi connectivity index (χ2n) is 7.54. The lowest BCUT2D eigenvalue weighted by atomic mass is 10.00. The van der Waals surface area contributed by atoms with Crippen molar-refractivity contribution in [3.8, 4) is 0 Å². The fraction of sp³-hybridized carbons (Fsp3) is 0.619. The molecule has 6 heteroatoms. The number of benzene rings is 1. The number of hydrogen-bond acceptors (Lipinski definition) is 3. The summed E-state index contributed by atoms with van der Waals surface area (Å²) in [4.78, 5) is 23.9. The van der Waals surface area contributed by atoms with Crippen LogP contribution in [0.3, 0.4) is 0 Å². The highest BCUT2D eigenvalue weighted by Crippen LogP contribution is 2.17. The number of anilines is 1. The second-order valence-corrected chi connectivity index (χ2v) is 7.54. The molecule has 1 aromatic carbocycles. The second kappa shape index (κ2) is 9.62. The standard InChI is InChI=1S/C21H33N5O/c1-3-22-21(26-11-9-18(2)10-12-26)23-17-20(27)25-15-13-24(14-16-25)19-7-5-4-6-8-19/h4-8,18H,3,9-17H2,1-2H3,(H,22,23). The number of hydrogen-bond donors (Lipinski definition) is 1. The van der Waals surface area contributed by atoms with E-state index in [0.717, 1.165) is 57.7 Å². The van der Waals surface area contributed by atoms with Crippen LogP contribution in [0, 0.1) is 5.92 Å². The third-order valence-corrected chi connectivity index (χ3v) is 5.54. The van der Waals surface area contributed by atoms with Gasteiger partial charge in [0.1, 0.15) is 6.54 Å². The molecule has 2 fully saturated rings. The fourth-order valence-electron chi connectivity index (χ4n) is 3.74. The third kappa shape index (κ3) is 5.37. The first-order valence-electron chi connectivity index (χ1n) is 10.3. The average molecular weight is 372 g/mol. The summed E-state index contributed by atoms with van der Waals surface area (Å²) in [6, 6.07) is 10.4. The molecule has 0 saturated carbocycles. The van der Waals surface area contributed by atoms with Crippen LogP contribution in [-0.2, 0) is 4.79 Å². The van der Waals surface area contributed by atoms with E-state index in [9.17, 15) is 4.79 Å². The van der Waals surface area contributed by atoms with Gasteiger partial charge in [0.05, 0.1) is 0 Å². The van der Waals surface area contributed by atoms with Gasteiger partial charge in [-0.1, -0.05) is 25.1 Å². The number of nitrogens with zero attached hydrogens (tertiary/aromatic N) is 4. The van der Waals surface area contributed by atoms with Crippen molar-refractivity contribution >= 4 is 17.6 Å². The molecule has 2 aliphatic heterocycles. The molecule has 0 spiro atoms. The van der Waals surface area contributed by atoms with Crippen molar-refractivity contribution in [1.82, 2.24) is 15.1 Å². The third-order valence-electron chi connectivity index (χ3n) is 5.54. The van der Waals surface area contributed by atoms with E-state index in [1.807, 2.05) is 11.0 Å². The molecule has 0 unspecified atom stereocenters. The Morgan fingerprint density at radius 1 is 1.04 bits per heavy atom. The Balaban J connectivity index is 1.51. The van der Waals surface area contributed by atoms with Gasteiger partial charge in [0.15, 0.2) is 5.96 Å². The van der Waals surface area contributed by atoms with Crippen molar-refractivity contribution in [3.63, 3.8) is 0 Å². The normalized spacial score (nSPS) is 19.3. The van der Waals surface area contributed by atoms with Gasteiger partial charge in [-0.2, -0.15) is 0 Å². The van der Waals surface area contributed by atoms with Gasteiger partial charge in [-0.05, 0) is 37.8 Å². The maximum atomic E-state index is 12.6. The quantitative estimate of drug-likeness (QED) is 0.650. The smallest absolute Gasteiger partial charge is 0.244 e. The first-order valence-corrected chi connectivity index (χ1v) is 10.3. The lowest BCUT2D eigenvalue weighted by Gasteiger charge is -2.36. The molecule has 0 bridgehead atoms. The molecule has 2 saturated heterocycles. The molecule has 3 rings (SSSR count). The van der Waals surface area contributed by atoms with Crippen molar-refractivity contribution in [2.75, 3.05) is 57.3 Å². The van der Waals surface area contributed by atoms with Gasteiger partial charge in [0, 0.05) is 51.5 Å². The van der Waals surface area contributed by atoms with Crippen LogP contribution in [0.1, 0.15) is 26.7 Å². The van der Waals surface area contributed by atoms with Crippen LogP contribution in [0.4, 0.5) is 5.69 Å². The average Bonchev–Trinajstić information content (AvgIpc) is 2.72. The van der Waals surface area contributed by atoms with Crippen LogP contribution in [-0.4, -0.2) is 74.0 Å². The maximum Gasteiger partial charge on any atom is 0.244 e. The van der Waals surface area contributed by atoms with Crippen molar-refractivity contribution in [2.45, 2.75) is 26.7 Å². The molecular formula is C21H33N5O. The van der Waals surface area contributed by atoms with Gasteiger partial charge in [-0.25, -0.2) is 4.99 Å². The predicted molar refractivity (Wildman–Crippen MR) is 111 cm³/mol. The van der Waals surface area contributed by atoms with E-state index in [1.54, 1.807) is 0 Å². The van der Waals surface area contributed by atoms with E-state index >= 15 is 0 Å². The topological polar surface area (TPSA) is 51.2 Å². The van der Waals surface area contributed by atoms with Crippen LogP contribution in [0.25, 0.3) is 0 Å². The number of piperazine rings is 1. The highest BCUT2D eigenvalue weighted by molar-refractivity contribution is 5.85. The Kier molecular flexibility index (Phi) is 6.96. The molecular weight excluding hydrogens is 338 g/mol. The Labute approximate surface area is 163 Å². The Bertz CT molecular complexity index is 617. The molecule has 6 nitrogen and oxygen atoms in total. The van der Waals surface area contributed by atoms with E-state index in [1.165, 1.54) is 18.5 Å². The number of likely N-dealkylation sites (tertiary alicyclic amines) is 1. The zero-order chi connectivity index (χ0) is 19.1. The van der Waals surface area contributed by atoms with Gasteiger partial charge in [0.25, 0.3) is 0 Å². The van der Waals surface area contributed by atoms with Crippen LogP contribution in [0.2, 0.25) is 0 Å². The highest BCUT2D eigenvalue weighted by atomic mass is 16.2. The predicted octanol–water partition coefficient (Wildman–Crippen LogP) is 2.03. The minimum Gasteiger partial charge on any atom is -0.368 e. The molecule has 0 aliphatic carbocycles. The van der Waals surface area contributed by atoms with E-state index in [0.29, 0.717) is 0 Å². The Hall–Kier alpha value is -2.24. The maximum absolute atomic E-state index is 12.6. The molecule has 148 valence electrons. The van der Waals surface area contributed by atoms with Crippen LogP contribution in [0.15, 0.2) is 35.3 Å². The monoisotopic (exact) mass is 371 g/mol. The van der Waals surface area contributed by atoms with Gasteiger partial charge in [0.2, 0.25) is 5.91 Å². The Morgan fingerprint density at radius 2 is 1.70 bits per heavy atom. The van der Waals surface area contributed by atoms with Gasteiger partial charge < -0.3 is 20.0 Å². The molecule has 1 aromatic rings. The number of piperidine rings is 1. The summed E-state index contributed by atoms with van der Waals surface area (Å²) in [6.45, 7) is 10.8. The molecule has 27 heavy (non-hydrogen) atoms. The zero-order valence-corrected chi connectivity index (χ0v) is 16.7. The molecule has 1 amide bonds. The number of para-hydroxylation sites is 1. The number of guanidine groups is 1. The summed E-state index contributed by atoms with van der Waals surface area (Å²) in [5.74, 6) is 1.80. The fourth-order valence-corrected chi connectivity index (χ4v) is 3.74. The van der Waals surface area contributed by atoms with Crippen molar-refractivity contribution in [2.24, 2.45) is 10.9 Å². The molecule has 2 aliphatic rings. The summed E-state index contributed by atoms with van der Waals surface area (Å²) in [5.41, 5.74) is 1.23. The first kappa shape index (κ1) is 19.5. The molecule has 2 heterocycles. The lowest BCUT2D eigenvalue weighted by Crippen LogP contribution is -2.50. The van der Waals surface area contributed by atoms with Crippen LogP contribution < -0.4 is 10.2 Å². The number of carbonyl (C=O) groups excluding carboxylic acids is 1. The zero-order valence-electron chi connectivity index (χ0n) is 16.7. The van der Waals surface area contributed by atoms with Crippen LogP contribution in [0.5, 0.6) is 0 Å². The Morgan fingerprint density at radius 3 is 2.33 bits per heavy atom. The molecule has 1 N–H and O–H groups in total. The van der Waals surface area contributed by atoms with E-state index in [4.69, 9.17) is 0 Å². The lowest BCUT2D eigenvalue weighted by molar-refractivity contribution is -0.129. The van der Waals surface area contributed by atoms with Crippen molar-refractivity contribution in [1.29, 1.82) is 0 Å². The summed E-state index contributed by atoms with van der Waals surface area (Å²) >= 11 is 0. The molecule has 0 aromatic heterocycles. The number of nitrogens with one attached hydrogen (secondary N) is 1. The van der Waals surface area contributed by atoms with Crippen molar-refractivity contribution < 1.29 is 4.79 Å². The summed E-state index contributed by atoms with van der Waals surface area (Å²) in [5, 5.41) is 3.35. The van der Waals surface area contributed by atoms with Crippen molar-refractivity contribution in [3.05, 3.63) is 30.3 Å². The highest BCUT2D eigenvalue weighted by Gasteiger charge is 2.22. The van der Waals surface area contributed by atoms with Gasteiger partial charge >= 0.3 is 0 Å². The molecule has 0 atom stereocenters. The summed E-state index contributed by atoms with van der Waals surface area (Å²) in [7, 11) is 0. The minimum atomic E-state index is 0.128. The first-order chi connectivity index (χ1) is 13.2. The largest absolute Gasteiger partial charge is 0.368 e. The van der Waals surface area contributed by atoms with Gasteiger partial charge in [-0.3, -0.25) is 4.79 Å². The number of amides is 1. The minimum absolute atomic E-state index is 0.128. The summed E-state index contributed by atoms with van der Waals surface area (Å²) in [6.07, 6.45) is 2.39. The molecule has 0 radical (unpaired) electrons. The SMILES string of the molecule is CCNC(=NCC(=O)N1CCN(c2ccccc2)CC1)N1CCC(C)CC1. The van der Waals surface area contributed by atoms with E-state index in [-0.39, 0.29) is 12.5 Å². The van der Waals surface area contributed by atoms with Gasteiger partial charge in [-0.15, -0.1) is 0 Å². The van der Waals surface area contributed by atoms with Crippen LogP contribution >= 0.6 is 0 Å². The summed E-state index contributed by atoms with van der Waals surface area (Å²) < 4.78 is 0. The number of aliphatic imine (C=N–C) groups is 1.